The minimum atomic E-state index is 0.640. The zero-order valence-electron chi connectivity index (χ0n) is 12.5. The van der Waals surface area contributed by atoms with Crippen molar-refractivity contribution >= 4 is 5.82 Å². The van der Waals surface area contributed by atoms with Crippen molar-refractivity contribution in [3.63, 3.8) is 0 Å². The lowest BCUT2D eigenvalue weighted by molar-refractivity contribution is 0.890. The van der Waals surface area contributed by atoms with Crippen molar-refractivity contribution in [3.8, 4) is 23.0 Å². The van der Waals surface area contributed by atoms with Crippen LogP contribution in [0.3, 0.4) is 0 Å². The van der Waals surface area contributed by atoms with Crippen molar-refractivity contribution < 1.29 is 0 Å². The van der Waals surface area contributed by atoms with Gasteiger partial charge in [0.05, 0.1) is 23.0 Å². The van der Waals surface area contributed by atoms with E-state index in [9.17, 15) is 0 Å². The fraction of sp³-hybridized carbons (Fsp3) is 0.111. The van der Waals surface area contributed by atoms with E-state index in [0.29, 0.717) is 5.56 Å². The standard InChI is InChI=1S/C18H16N4/c1-13-3-7-15(8-4-13)17-11-18(20-2)21-22(17)16-9-5-14(12-19)6-10-16/h3-11H,1-2H3,(H,20,21). The number of nitrogens with zero attached hydrogens (tertiary/aromatic N) is 3. The number of aromatic nitrogens is 2. The molecule has 0 bridgehead atoms. The molecule has 0 unspecified atom stereocenters. The first-order valence-corrected chi connectivity index (χ1v) is 7.06. The summed E-state index contributed by atoms with van der Waals surface area (Å²) in [4.78, 5) is 0. The molecule has 0 saturated carbocycles. The molecule has 0 saturated heterocycles. The maximum atomic E-state index is 8.92. The highest BCUT2D eigenvalue weighted by atomic mass is 15.3. The summed E-state index contributed by atoms with van der Waals surface area (Å²) in [5, 5.41) is 16.6. The van der Waals surface area contributed by atoms with Crippen LogP contribution in [0.1, 0.15) is 11.1 Å². The maximum absolute atomic E-state index is 8.92. The topological polar surface area (TPSA) is 53.6 Å². The van der Waals surface area contributed by atoms with Gasteiger partial charge in [-0.2, -0.15) is 5.26 Å². The highest BCUT2D eigenvalue weighted by Crippen LogP contribution is 2.26. The van der Waals surface area contributed by atoms with E-state index in [-0.39, 0.29) is 0 Å². The van der Waals surface area contributed by atoms with Gasteiger partial charge in [-0.25, -0.2) is 4.68 Å². The normalized spacial score (nSPS) is 10.2. The molecule has 1 aromatic heterocycles. The molecule has 0 aliphatic carbocycles. The van der Waals surface area contributed by atoms with Crippen LogP contribution >= 0.6 is 0 Å². The number of hydrogen-bond donors (Lipinski definition) is 1. The van der Waals surface area contributed by atoms with E-state index in [0.717, 1.165) is 22.8 Å². The molecule has 3 aromatic rings. The Kier molecular flexibility index (Phi) is 3.63. The molecular formula is C18H16N4. The third-order valence-electron chi connectivity index (χ3n) is 3.55. The van der Waals surface area contributed by atoms with E-state index in [2.05, 4.69) is 47.7 Å². The van der Waals surface area contributed by atoms with E-state index in [1.54, 1.807) is 12.1 Å². The molecule has 4 nitrogen and oxygen atoms in total. The van der Waals surface area contributed by atoms with Gasteiger partial charge in [0.25, 0.3) is 0 Å². The summed E-state index contributed by atoms with van der Waals surface area (Å²) in [6.07, 6.45) is 0. The van der Waals surface area contributed by atoms with Crippen LogP contribution < -0.4 is 5.32 Å². The van der Waals surface area contributed by atoms with Crippen LogP contribution in [0.2, 0.25) is 0 Å². The molecule has 2 aromatic carbocycles. The van der Waals surface area contributed by atoms with Gasteiger partial charge in [-0.1, -0.05) is 29.8 Å². The number of nitrogens with one attached hydrogen (secondary N) is 1. The van der Waals surface area contributed by atoms with Gasteiger partial charge in [-0.05, 0) is 31.2 Å². The summed E-state index contributed by atoms with van der Waals surface area (Å²) in [6.45, 7) is 2.07. The number of aryl methyl sites for hydroxylation is 1. The zero-order valence-corrected chi connectivity index (χ0v) is 12.5. The molecule has 4 heteroatoms. The van der Waals surface area contributed by atoms with Gasteiger partial charge < -0.3 is 5.32 Å². The lowest BCUT2D eigenvalue weighted by Crippen LogP contribution is -2.00. The Hall–Kier alpha value is -3.06. The summed E-state index contributed by atoms with van der Waals surface area (Å²) >= 11 is 0. The third kappa shape index (κ3) is 2.57. The monoisotopic (exact) mass is 288 g/mol. The Labute approximate surface area is 129 Å². The summed E-state index contributed by atoms with van der Waals surface area (Å²) in [5.74, 6) is 0.805. The molecule has 1 heterocycles. The quantitative estimate of drug-likeness (QED) is 0.798. The van der Waals surface area contributed by atoms with E-state index in [4.69, 9.17) is 5.26 Å². The predicted octanol–water partition coefficient (Wildman–Crippen LogP) is 3.76. The van der Waals surface area contributed by atoms with Crippen LogP contribution in [0.15, 0.2) is 54.6 Å². The number of rotatable bonds is 3. The minimum absolute atomic E-state index is 0.640. The summed E-state index contributed by atoms with van der Waals surface area (Å²) in [5.41, 5.74) is 4.90. The van der Waals surface area contributed by atoms with Crippen LogP contribution in [0.25, 0.3) is 16.9 Å². The Bertz CT molecular complexity index is 821. The summed E-state index contributed by atoms with van der Waals surface area (Å²) < 4.78 is 1.89. The number of nitriles is 1. The van der Waals surface area contributed by atoms with E-state index >= 15 is 0 Å². The Balaban J connectivity index is 2.12. The molecule has 0 fully saturated rings. The van der Waals surface area contributed by atoms with Crippen molar-refractivity contribution in [1.82, 2.24) is 9.78 Å². The van der Waals surface area contributed by atoms with Crippen molar-refractivity contribution in [2.45, 2.75) is 6.92 Å². The van der Waals surface area contributed by atoms with Crippen LogP contribution in [0.5, 0.6) is 0 Å². The lowest BCUT2D eigenvalue weighted by atomic mass is 10.1. The molecule has 0 amide bonds. The van der Waals surface area contributed by atoms with Crippen LogP contribution in [-0.4, -0.2) is 16.8 Å². The largest absolute Gasteiger partial charge is 0.372 e. The van der Waals surface area contributed by atoms with E-state index in [1.165, 1.54) is 5.56 Å². The lowest BCUT2D eigenvalue weighted by Gasteiger charge is -2.08. The average Bonchev–Trinajstić information content (AvgIpc) is 3.00. The van der Waals surface area contributed by atoms with Crippen molar-refractivity contribution in [1.29, 1.82) is 5.26 Å². The first kappa shape index (κ1) is 13.9. The van der Waals surface area contributed by atoms with Gasteiger partial charge in [-0.3, -0.25) is 0 Å². The first-order chi connectivity index (χ1) is 10.7. The Morgan fingerprint density at radius 3 is 2.32 bits per heavy atom. The number of hydrogen-bond acceptors (Lipinski definition) is 3. The van der Waals surface area contributed by atoms with Gasteiger partial charge in [0.1, 0.15) is 5.82 Å². The van der Waals surface area contributed by atoms with Gasteiger partial charge in [-0.15, -0.1) is 5.10 Å². The summed E-state index contributed by atoms with van der Waals surface area (Å²) in [6, 6.07) is 19.9. The highest BCUT2D eigenvalue weighted by Gasteiger charge is 2.11. The maximum Gasteiger partial charge on any atom is 0.148 e. The molecule has 3 rings (SSSR count). The molecule has 22 heavy (non-hydrogen) atoms. The second kappa shape index (κ2) is 5.74. The molecule has 0 aliphatic heterocycles. The van der Waals surface area contributed by atoms with Crippen molar-refractivity contribution in [3.05, 3.63) is 65.7 Å². The molecule has 0 spiro atoms. The van der Waals surface area contributed by atoms with Gasteiger partial charge in [0.2, 0.25) is 0 Å². The van der Waals surface area contributed by atoms with Crippen molar-refractivity contribution in [2.24, 2.45) is 0 Å². The molecule has 1 N–H and O–H groups in total. The SMILES string of the molecule is CNc1cc(-c2ccc(C)cc2)n(-c2ccc(C#N)cc2)n1. The first-order valence-electron chi connectivity index (χ1n) is 7.06. The number of benzene rings is 2. The fourth-order valence-electron chi connectivity index (χ4n) is 2.31. The molecule has 108 valence electrons. The average molecular weight is 288 g/mol. The minimum Gasteiger partial charge on any atom is -0.372 e. The predicted molar refractivity (Wildman–Crippen MR) is 88.0 cm³/mol. The van der Waals surface area contributed by atoms with Crippen LogP contribution in [0.4, 0.5) is 5.82 Å². The van der Waals surface area contributed by atoms with Crippen LogP contribution in [0, 0.1) is 18.3 Å². The Morgan fingerprint density at radius 1 is 1.05 bits per heavy atom. The second-order valence-corrected chi connectivity index (χ2v) is 5.10. The smallest absolute Gasteiger partial charge is 0.148 e. The number of anilines is 1. The van der Waals surface area contributed by atoms with E-state index < -0.39 is 0 Å². The van der Waals surface area contributed by atoms with Crippen LogP contribution in [-0.2, 0) is 0 Å². The Morgan fingerprint density at radius 2 is 1.73 bits per heavy atom. The second-order valence-electron chi connectivity index (χ2n) is 5.10. The van der Waals surface area contributed by atoms with Gasteiger partial charge in [0.15, 0.2) is 0 Å². The molecule has 0 radical (unpaired) electrons. The van der Waals surface area contributed by atoms with Gasteiger partial charge in [0, 0.05) is 18.7 Å². The van der Waals surface area contributed by atoms with Crippen molar-refractivity contribution in [2.75, 3.05) is 12.4 Å². The molecule has 0 aliphatic rings. The van der Waals surface area contributed by atoms with Gasteiger partial charge >= 0.3 is 0 Å². The molecular weight excluding hydrogens is 272 g/mol. The zero-order chi connectivity index (χ0) is 15.5. The molecule has 0 atom stereocenters. The fourth-order valence-corrected chi connectivity index (χ4v) is 2.31. The summed E-state index contributed by atoms with van der Waals surface area (Å²) in [7, 11) is 1.85. The van der Waals surface area contributed by atoms with E-state index in [1.807, 2.05) is 29.9 Å². The third-order valence-corrected chi connectivity index (χ3v) is 3.55. The highest BCUT2D eigenvalue weighted by molar-refractivity contribution is 5.66.